The number of hydrogen-bond acceptors (Lipinski definition) is 5. The summed E-state index contributed by atoms with van der Waals surface area (Å²) >= 11 is 6.36. The van der Waals surface area contributed by atoms with Crippen LogP contribution in [0.3, 0.4) is 0 Å². The third-order valence-electron chi connectivity index (χ3n) is 5.08. The van der Waals surface area contributed by atoms with E-state index in [2.05, 4.69) is 27.1 Å². The van der Waals surface area contributed by atoms with Crippen molar-refractivity contribution in [1.82, 2.24) is 9.88 Å². The van der Waals surface area contributed by atoms with E-state index in [1.165, 1.54) is 4.90 Å². The van der Waals surface area contributed by atoms with Crippen molar-refractivity contribution < 1.29 is 9.53 Å². The maximum atomic E-state index is 11.8. The molecular weight excluding hydrogens is 414 g/mol. The molecule has 1 fully saturated rings. The molecule has 1 aliphatic heterocycles. The number of halogens is 1. The lowest BCUT2D eigenvalue weighted by molar-refractivity contribution is -0.126. The van der Waals surface area contributed by atoms with Gasteiger partial charge in [0.15, 0.2) is 5.96 Å². The number of benzene rings is 1. The van der Waals surface area contributed by atoms with E-state index in [1.807, 2.05) is 30.3 Å². The van der Waals surface area contributed by atoms with Crippen LogP contribution in [0.2, 0.25) is 5.02 Å². The molecule has 1 aliphatic rings. The van der Waals surface area contributed by atoms with Gasteiger partial charge in [0.05, 0.1) is 25.5 Å². The topological polar surface area (TPSA) is 92.8 Å². The average molecular weight is 440 g/mol. The molecule has 31 heavy (non-hydrogen) atoms. The molecule has 7 nitrogen and oxygen atoms in total. The monoisotopic (exact) mass is 439 g/mol. The van der Waals surface area contributed by atoms with Gasteiger partial charge in [-0.1, -0.05) is 24.4 Å². The summed E-state index contributed by atoms with van der Waals surface area (Å²) in [4.78, 5) is 22.0. The van der Waals surface area contributed by atoms with Gasteiger partial charge in [0.2, 0.25) is 5.91 Å². The number of pyridine rings is 1. The third-order valence-corrected chi connectivity index (χ3v) is 5.45. The summed E-state index contributed by atoms with van der Waals surface area (Å²) in [5, 5.41) is 4.11. The van der Waals surface area contributed by atoms with E-state index in [0.717, 1.165) is 22.5 Å². The number of nitrogens with one attached hydrogen (secondary N) is 1. The average Bonchev–Trinajstić information content (AvgIpc) is 2.76. The predicted octanol–water partition coefficient (Wildman–Crippen LogP) is 3.13. The second-order valence-electron chi connectivity index (χ2n) is 7.29. The lowest BCUT2D eigenvalue weighted by Gasteiger charge is -2.42. The van der Waals surface area contributed by atoms with Gasteiger partial charge < -0.3 is 15.8 Å². The number of hydrogen-bond donors (Lipinski definition) is 2. The van der Waals surface area contributed by atoms with Gasteiger partial charge in [-0.15, -0.1) is 5.92 Å². The number of rotatable bonds is 6. The van der Waals surface area contributed by atoms with Gasteiger partial charge in [-0.05, 0) is 42.8 Å². The minimum absolute atomic E-state index is 0.0990. The fourth-order valence-electron chi connectivity index (χ4n) is 3.17. The second-order valence-corrected chi connectivity index (χ2v) is 7.70. The molecular formula is C23H26ClN5O2. The van der Waals surface area contributed by atoms with Gasteiger partial charge in [-0.2, -0.15) is 0 Å². The number of carbonyl (C=O) groups excluding carboxylic acids is 1. The molecule has 1 amide bonds. The summed E-state index contributed by atoms with van der Waals surface area (Å²) in [6, 6.07) is 9.57. The zero-order valence-electron chi connectivity index (χ0n) is 17.9. The molecule has 8 heteroatoms. The Balaban J connectivity index is 1.78. The molecule has 1 aromatic heterocycles. The minimum atomic E-state index is -0.417. The number of aromatic nitrogens is 1. The standard InChI is InChI=1S/C23H26ClN5O2/c1-4-6-16-7-10-20(26-12-16)23(14-31-15-23)28-18-8-9-19(24)17(11-18)13-27-22(25)29(3)21(30)5-2/h7-12,28H,5,13-15H2,1-3H3,(H2,25,27). The number of ether oxygens (including phenoxy) is 1. The minimum Gasteiger partial charge on any atom is -0.376 e. The number of carbonyl (C=O) groups is 1. The van der Waals surface area contributed by atoms with Crippen LogP contribution in [0.1, 0.15) is 37.1 Å². The summed E-state index contributed by atoms with van der Waals surface area (Å²) in [6.45, 7) is 4.84. The Morgan fingerprint density at radius 3 is 2.74 bits per heavy atom. The summed E-state index contributed by atoms with van der Waals surface area (Å²) in [6.07, 6.45) is 2.13. The van der Waals surface area contributed by atoms with Crippen LogP contribution in [-0.4, -0.2) is 42.0 Å². The first-order valence-electron chi connectivity index (χ1n) is 9.98. The molecule has 0 unspecified atom stereocenters. The number of nitrogens with zero attached hydrogens (tertiary/aromatic N) is 3. The molecule has 1 saturated heterocycles. The normalized spacial score (nSPS) is 14.8. The largest absolute Gasteiger partial charge is 0.376 e. The van der Waals surface area contributed by atoms with Gasteiger partial charge in [0.1, 0.15) is 5.54 Å². The summed E-state index contributed by atoms with van der Waals surface area (Å²) < 4.78 is 5.50. The molecule has 3 N–H and O–H groups in total. The van der Waals surface area contributed by atoms with Crippen molar-refractivity contribution in [3.05, 3.63) is 58.4 Å². The van der Waals surface area contributed by atoms with Crippen LogP contribution in [-0.2, 0) is 21.6 Å². The van der Waals surface area contributed by atoms with Crippen molar-refractivity contribution in [3.63, 3.8) is 0 Å². The molecule has 1 aromatic carbocycles. The van der Waals surface area contributed by atoms with Gasteiger partial charge in [0.25, 0.3) is 0 Å². The van der Waals surface area contributed by atoms with E-state index in [1.54, 1.807) is 27.1 Å². The summed E-state index contributed by atoms with van der Waals surface area (Å²) in [7, 11) is 1.61. The zero-order chi connectivity index (χ0) is 22.4. The van der Waals surface area contributed by atoms with Crippen molar-refractivity contribution in [2.45, 2.75) is 32.4 Å². The Morgan fingerprint density at radius 1 is 1.39 bits per heavy atom. The Kier molecular flexibility index (Phi) is 7.16. The van der Waals surface area contributed by atoms with E-state index < -0.39 is 5.54 Å². The predicted molar refractivity (Wildman–Crippen MR) is 123 cm³/mol. The third kappa shape index (κ3) is 5.16. The second kappa shape index (κ2) is 9.82. The molecule has 2 heterocycles. The number of anilines is 1. The van der Waals surface area contributed by atoms with Crippen molar-refractivity contribution in [1.29, 1.82) is 0 Å². The SMILES string of the molecule is CC#Cc1ccc(C2(Nc3ccc(Cl)c(CN=C(N)N(C)C(=O)CC)c3)COC2)nc1. The highest BCUT2D eigenvalue weighted by molar-refractivity contribution is 6.31. The van der Waals surface area contributed by atoms with Crippen LogP contribution in [0, 0.1) is 11.8 Å². The fraction of sp³-hybridized carbons (Fsp3) is 0.348. The fourth-order valence-corrected chi connectivity index (χ4v) is 3.35. The first-order valence-corrected chi connectivity index (χ1v) is 10.4. The molecule has 0 aliphatic carbocycles. The highest BCUT2D eigenvalue weighted by atomic mass is 35.5. The van der Waals surface area contributed by atoms with Crippen molar-refractivity contribution in [2.24, 2.45) is 10.7 Å². The van der Waals surface area contributed by atoms with Crippen LogP contribution in [0.15, 0.2) is 41.5 Å². The number of aliphatic imine (C=N–C) groups is 1. The number of nitrogens with two attached hydrogens (primary N) is 1. The maximum Gasteiger partial charge on any atom is 0.228 e. The molecule has 0 bridgehead atoms. The molecule has 0 spiro atoms. The van der Waals surface area contributed by atoms with Crippen LogP contribution >= 0.6 is 11.6 Å². The molecule has 2 aromatic rings. The quantitative estimate of drug-likeness (QED) is 0.410. The highest BCUT2D eigenvalue weighted by Crippen LogP contribution is 2.33. The molecule has 0 saturated carbocycles. The van der Waals surface area contributed by atoms with Crippen LogP contribution in [0.4, 0.5) is 5.69 Å². The molecule has 162 valence electrons. The number of amides is 1. The van der Waals surface area contributed by atoms with Gasteiger partial charge >= 0.3 is 0 Å². The lowest BCUT2D eigenvalue weighted by atomic mass is 9.91. The van der Waals surface area contributed by atoms with Crippen LogP contribution in [0.25, 0.3) is 0 Å². The van der Waals surface area contributed by atoms with E-state index in [9.17, 15) is 4.79 Å². The van der Waals surface area contributed by atoms with E-state index in [-0.39, 0.29) is 18.4 Å². The van der Waals surface area contributed by atoms with Crippen LogP contribution < -0.4 is 11.1 Å². The van der Waals surface area contributed by atoms with E-state index in [4.69, 9.17) is 22.1 Å². The molecule has 3 rings (SSSR count). The Hall–Kier alpha value is -3.08. The van der Waals surface area contributed by atoms with E-state index in [0.29, 0.717) is 24.7 Å². The molecule has 0 atom stereocenters. The summed E-state index contributed by atoms with van der Waals surface area (Å²) in [5.74, 6) is 5.93. The van der Waals surface area contributed by atoms with Gasteiger partial charge in [-0.25, -0.2) is 4.99 Å². The smallest absolute Gasteiger partial charge is 0.228 e. The first kappa shape index (κ1) is 22.6. The van der Waals surface area contributed by atoms with Crippen molar-refractivity contribution in [2.75, 3.05) is 25.6 Å². The first-order chi connectivity index (χ1) is 14.9. The number of guanidine groups is 1. The summed E-state index contributed by atoms with van der Waals surface area (Å²) in [5.41, 5.74) is 8.94. The van der Waals surface area contributed by atoms with E-state index >= 15 is 0 Å². The highest BCUT2D eigenvalue weighted by Gasteiger charge is 2.41. The zero-order valence-corrected chi connectivity index (χ0v) is 18.7. The van der Waals surface area contributed by atoms with Crippen LogP contribution in [0.5, 0.6) is 0 Å². The van der Waals surface area contributed by atoms with Gasteiger partial charge in [0, 0.05) is 35.9 Å². The lowest BCUT2D eigenvalue weighted by Crippen LogP contribution is -2.53. The Morgan fingerprint density at radius 2 is 2.16 bits per heavy atom. The van der Waals surface area contributed by atoms with Gasteiger partial charge in [-0.3, -0.25) is 14.7 Å². The Labute approximate surface area is 187 Å². The van der Waals surface area contributed by atoms with Crippen molar-refractivity contribution >= 4 is 29.2 Å². The maximum absolute atomic E-state index is 11.8. The van der Waals surface area contributed by atoms with Crippen molar-refractivity contribution in [3.8, 4) is 11.8 Å². The Bertz CT molecular complexity index is 1040. The molecule has 0 radical (unpaired) electrons.